The Hall–Kier alpha value is -1.12. The molecule has 1 saturated heterocycles. The Morgan fingerprint density at radius 1 is 1.38 bits per heavy atom. The van der Waals surface area contributed by atoms with Crippen molar-refractivity contribution in [2.75, 3.05) is 26.7 Å². The number of halogens is 1. The molecular formula is C18H24IN3OS. The summed E-state index contributed by atoms with van der Waals surface area (Å²) in [6.07, 6.45) is 0.102. The number of nitrogens with zero attached hydrogens (tertiary/aromatic N) is 2. The molecule has 0 amide bonds. The summed E-state index contributed by atoms with van der Waals surface area (Å²) < 4.78 is 6.00. The number of aliphatic imine (C=N–C) groups is 1. The van der Waals surface area contributed by atoms with E-state index in [9.17, 15) is 0 Å². The van der Waals surface area contributed by atoms with Crippen LogP contribution in [0.5, 0.6) is 0 Å². The van der Waals surface area contributed by atoms with Crippen LogP contribution in [0.4, 0.5) is 0 Å². The van der Waals surface area contributed by atoms with Crippen LogP contribution in [-0.2, 0) is 11.3 Å². The molecule has 130 valence electrons. The Bertz CT molecular complexity index is 660. The van der Waals surface area contributed by atoms with Gasteiger partial charge >= 0.3 is 0 Å². The van der Waals surface area contributed by atoms with Crippen LogP contribution in [0.2, 0.25) is 0 Å². The summed E-state index contributed by atoms with van der Waals surface area (Å²) in [6.45, 7) is 5.36. The molecule has 0 aliphatic carbocycles. The molecule has 1 aromatic heterocycles. The second kappa shape index (κ2) is 9.39. The molecular weight excluding hydrogens is 433 g/mol. The third-order valence-corrected chi connectivity index (χ3v) is 4.88. The molecule has 3 rings (SSSR count). The minimum absolute atomic E-state index is 0. The van der Waals surface area contributed by atoms with Crippen LogP contribution in [0.1, 0.15) is 22.8 Å². The highest BCUT2D eigenvalue weighted by atomic mass is 127. The Morgan fingerprint density at radius 3 is 2.92 bits per heavy atom. The van der Waals surface area contributed by atoms with Gasteiger partial charge in [0, 0.05) is 20.1 Å². The zero-order chi connectivity index (χ0) is 16.1. The molecule has 1 aliphatic heterocycles. The average molecular weight is 457 g/mol. The largest absolute Gasteiger partial charge is 0.370 e. The van der Waals surface area contributed by atoms with Crippen LogP contribution in [0, 0.1) is 6.92 Å². The Labute approximate surface area is 165 Å². The second-order valence-corrected chi connectivity index (χ2v) is 6.47. The maximum atomic E-state index is 6.00. The maximum Gasteiger partial charge on any atom is 0.194 e. The topological polar surface area (TPSA) is 36.9 Å². The monoisotopic (exact) mass is 457 g/mol. The molecule has 1 N–H and O–H groups in total. The molecule has 24 heavy (non-hydrogen) atoms. The number of aryl methyl sites for hydroxylation is 1. The van der Waals surface area contributed by atoms with Crippen LogP contribution in [0.3, 0.4) is 0 Å². The van der Waals surface area contributed by atoms with E-state index < -0.39 is 0 Å². The lowest BCUT2D eigenvalue weighted by Crippen LogP contribution is -2.48. The van der Waals surface area contributed by atoms with E-state index in [0.717, 1.165) is 32.2 Å². The molecule has 2 heterocycles. The standard InChI is InChI=1S/C18H23N3OS.HI/c1-14-5-3-4-6-16(14)17-12-21(8-9-22-17)18(19-2)20-11-15-7-10-23-13-15;/h3-7,10,13,17H,8-9,11-12H2,1-2H3,(H,19,20);1H. The van der Waals surface area contributed by atoms with Gasteiger partial charge < -0.3 is 15.0 Å². The van der Waals surface area contributed by atoms with E-state index in [0.29, 0.717) is 0 Å². The maximum absolute atomic E-state index is 6.00. The fourth-order valence-electron chi connectivity index (χ4n) is 2.88. The van der Waals surface area contributed by atoms with Crippen molar-refractivity contribution in [2.45, 2.75) is 19.6 Å². The summed E-state index contributed by atoms with van der Waals surface area (Å²) >= 11 is 1.72. The van der Waals surface area contributed by atoms with Gasteiger partial charge in [0.05, 0.1) is 13.2 Å². The van der Waals surface area contributed by atoms with Crippen molar-refractivity contribution in [2.24, 2.45) is 4.99 Å². The van der Waals surface area contributed by atoms with Crippen LogP contribution >= 0.6 is 35.3 Å². The second-order valence-electron chi connectivity index (χ2n) is 5.69. The van der Waals surface area contributed by atoms with Crippen molar-refractivity contribution in [3.05, 3.63) is 57.8 Å². The highest BCUT2D eigenvalue weighted by Crippen LogP contribution is 2.25. The van der Waals surface area contributed by atoms with Crippen molar-refractivity contribution in [3.8, 4) is 0 Å². The summed E-state index contributed by atoms with van der Waals surface area (Å²) in [5.74, 6) is 0.943. The lowest BCUT2D eigenvalue weighted by atomic mass is 10.0. The average Bonchev–Trinajstić information content (AvgIpc) is 3.10. The number of ether oxygens (including phenoxy) is 1. The van der Waals surface area contributed by atoms with E-state index in [1.807, 2.05) is 7.05 Å². The lowest BCUT2D eigenvalue weighted by molar-refractivity contribution is -0.00833. The van der Waals surface area contributed by atoms with Gasteiger partial charge in [0.25, 0.3) is 0 Å². The van der Waals surface area contributed by atoms with Gasteiger partial charge in [-0.05, 0) is 40.4 Å². The van der Waals surface area contributed by atoms with Crippen LogP contribution < -0.4 is 5.32 Å². The molecule has 1 aliphatic rings. The highest BCUT2D eigenvalue weighted by molar-refractivity contribution is 14.0. The van der Waals surface area contributed by atoms with Crippen molar-refractivity contribution in [1.29, 1.82) is 0 Å². The number of rotatable bonds is 3. The molecule has 4 nitrogen and oxygen atoms in total. The van der Waals surface area contributed by atoms with Crippen LogP contribution in [-0.4, -0.2) is 37.6 Å². The first kappa shape index (κ1) is 19.2. The molecule has 0 bridgehead atoms. The number of hydrogen-bond donors (Lipinski definition) is 1. The number of nitrogens with one attached hydrogen (secondary N) is 1. The Morgan fingerprint density at radius 2 is 2.21 bits per heavy atom. The zero-order valence-electron chi connectivity index (χ0n) is 14.1. The van der Waals surface area contributed by atoms with E-state index >= 15 is 0 Å². The number of guanidine groups is 1. The smallest absolute Gasteiger partial charge is 0.194 e. The summed E-state index contributed by atoms with van der Waals surface area (Å²) in [5.41, 5.74) is 3.84. The van der Waals surface area contributed by atoms with E-state index in [1.54, 1.807) is 11.3 Å². The first-order valence-corrected chi connectivity index (χ1v) is 8.86. The number of thiophene rings is 1. The van der Waals surface area contributed by atoms with Crippen molar-refractivity contribution >= 4 is 41.3 Å². The number of morpholine rings is 1. The molecule has 0 radical (unpaired) electrons. The Kier molecular flexibility index (Phi) is 7.51. The number of hydrogen-bond acceptors (Lipinski definition) is 3. The molecule has 2 aromatic rings. The first-order valence-electron chi connectivity index (χ1n) is 7.91. The van der Waals surface area contributed by atoms with E-state index in [4.69, 9.17) is 4.74 Å². The normalized spacial score (nSPS) is 18.2. The summed E-state index contributed by atoms with van der Waals surface area (Å²) in [7, 11) is 1.84. The van der Waals surface area contributed by atoms with E-state index in [1.165, 1.54) is 16.7 Å². The SMILES string of the molecule is CN=C(NCc1ccsc1)N1CCOC(c2ccccc2C)C1.I. The first-order chi connectivity index (χ1) is 11.3. The van der Waals surface area contributed by atoms with Crippen molar-refractivity contribution in [3.63, 3.8) is 0 Å². The van der Waals surface area contributed by atoms with Gasteiger partial charge in [0.2, 0.25) is 0 Å². The molecule has 0 saturated carbocycles. The lowest BCUT2D eigenvalue weighted by Gasteiger charge is -2.35. The van der Waals surface area contributed by atoms with Gasteiger partial charge in [-0.15, -0.1) is 24.0 Å². The van der Waals surface area contributed by atoms with Gasteiger partial charge in [-0.25, -0.2) is 0 Å². The minimum Gasteiger partial charge on any atom is -0.370 e. The van der Waals surface area contributed by atoms with Crippen LogP contribution in [0.25, 0.3) is 0 Å². The fourth-order valence-corrected chi connectivity index (χ4v) is 3.55. The number of benzene rings is 1. The third kappa shape index (κ3) is 4.70. The molecule has 0 spiro atoms. The van der Waals surface area contributed by atoms with E-state index in [-0.39, 0.29) is 30.1 Å². The molecule has 1 unspecified atom stereocenters. The van der Waals surface area contributed by atoms with E-state index in [2.05, 4.69) is 63.2 Å². The summed E-state index contributed by atoms with van der Waals surface area (Å²) in [4.78, 5) is 6.73. The zero-order valence-corrected chi connectivity index (χ0v) is 17.2. The van der Waals surface area contributed by atoms with Crippen molar-refractivity contribution in [1.82, 2.24) is 10.2 Å². The molecule has 1 atom stereocenters. The van der Waals surface area contributed by atoms with Gasteiger partial charge in [0.1, 0.15) is 6.10 Å². The quantitative estimate of drug-likeness (QED) is 0.433. The van der Waals surface area contributed by atoms with Crippen molar-refractivity contribution < 1.29 is 4.74 Å². The molecule has 1 fully saturated rings. The molecule has 1 aromatic carbocycles. The van der Waals surface area contributed by atoms with Gasteiger partial charge in [-0.3, -0.25) is 4.99 Å². The highest BCUT2D eigenvalue weighted by Gasteiger charge is 2.24. The van der Waals surface area contributed by atoms with Gasteiger partial charge in [0.15, 0.2) is 5.96 Å². The Balaban J connectivity index is 0.00000208. The van der Waals surface area contributed by atoms with Gasteiger partial charge in [-0.2, -0.15) is 11.3 Å². The predicted octanol–water partition coefficient (Wildman–Crippen LogP) is 3.82. The summed E-state index contributed by atoms with van der Waals surface area (Å²) in [5, 5.41) is 7.72. The summed E-state index contributed by atoms with van der Waals surface area (Å²) in [6, 6.07) is 10.6. The predicted molar refractivity (Wildman–Crippen MR) is 111 cm³/mol. The third-order valence-electron chi connectivity index (χ3n) is 4.14. The fraction of sp³-hybridized carbons (Fsp3) is 0.389. The van der Waals surface area contributed by atoms with Gasteiger partial charge in [-0.1, -0.05) is 24.3 Å². The van der Waals surface area contributed by atoms with Crippen LogP contribution in [0.15, 0.2) is 46.1 Å². The minimum atomic E-state index is 0. The molecule has 6 heteroatoms.